The molecule has 0 unspecified atom stereocenters. The van der Waals surface area contributed by atoms with Crippen molar-refractivity contribution in [3.05, 3.63) is 0 Å². The first kappa shape index (κ1) is 14.6. The molecule has 4 nitrogen and oxygen atoms in total. The van der Waals surface area contributed by atoms with Crippen LogP contribution in [-0.4, -0.2) is 34.1 Å². The highest BCUT2D eigenvalue weighted by molar-refractivity contribution is 7.52. The van der Waals surface area contributed by atoms with E-state index < -0.39 is 7.60 Å². The maximum atomic E-state index is 10.5. The predicted octanol–water partition coefficient (Wildman–Crippen LogP) is 2.14. The Morgan fingerprint density at radius 3 is 1.42 bits per heavy atom. The average molecular weight is 198 g/mol. The smallest absolute Gasteiger partial charge is 0.327 e. The molecule has 0 bridgehead atoms. The highest BCUT2D eigenvalue weighted by Crippen LogP contribution is 2.40. The van der Waals surface area contributed by atoms with Crippen molar-refractivity contribution in [2.45, 2.75) is 13.8 Å². The summed E-state index contributed by atoms with van der Waals surface area (Å²) in [6, 6.07) is 0. The molecule has 0 heterocycles. The minimum absolute atomic E-state index is 0.844. The van der Waals surface area contributed by atoms with Crippen LogP contribution in [0.2, 0.25) is 0 Å². The van der Waals surface area contributed by atoms with Crippen molar-refractivity contribution >= 4 is 7.60 Å². The van der Waals surface area contributed by atoms with Gasteiger partial charge in [-0.05, 0) is 13.8 Å². The molecular formula is C7H19O4P. The zero-order valence-electron chi connectivity index (χ0n) is 8.49. The van der Waals surface area contributed by atoms with Crippen LogP contribution in [-0.2, 0) is 18.3 Å². The van der Waals surface area contributed by atoms with E-state index in [1.807, 2.05) is 13.8 Å². The summed E-state index contributed by atoms with van der Waals surface area (Å²) in [6.45, 7) is 7.08. The maximum absolute atomic E-state index is 10.5. The monoisotopic (exact) mass is 198 g/mol. The SMILES string of the molecule is CCOCC.COP(C)(=O)OC. The van der Waals surface area contributed by atoms with Crippen molar-refractivity contribution in [3.63, 3.8) is 0 Å². The van der Waals surface area contributed by atoms with Gasteiger partial charge in [-0.2, -0.15) is 0 Å². The lowest BCUT2D eigenvalue weighted by Crippen LogP contribution is -1.84. The van der Waals surface area contributed by atoms with E-state index in [1.54, 1.807) is 0 Å². The van der Waals surface area contributed by atoms with E-state index in [2.05, 4.69) is 9.05 Å². The van der Waals surface area contributed by atoms with Crippen molar-refractivity contribution in [2.75, 3.05) is 34.1 Å². The molecule has 12 heavy (non-hydrogen) atoms. The minimum Gasteiger partial charge on any atom is -0.382 e. The van der Waals surface area contributed by atoms with Gasteiger partial charge in [0.15, 0.2) is 0 Å². The molecule has 0 spiro atoms. The number of hydrogen-bond acceptors (Lipinski definition) is 4. The third-order valence-electron chi connectivity index (χ3n) is 1.07. The Labute approximate surface area is 74.7 Å². The fraction of sp³-hybridized carbons (Fsp3) is 1.00. The van der Waals surface area contributed by atoms with Crippen LogP contribution in [0.4, 0.5) is 0 Å². The van der Waals surface area contributed by atoms with Crippen molar-refractivity contribution in [1.82, 2.24) is 0 Å². The Morgan fingerprint density at radius 1 is 1.08 bits per heavy atom. The fourth-order valence-electron chi connectivity index (χ4n) is 0.279. The summed E-state index contributed by atoms with van der Waals surface area (Å²) in [5.74, 6) is 0. The van der Waals surface area contributed by atoms with Crippen LogP contribution in [0.3, 0.4) is 0 Å². The summed E-state index contributed by atoms with van der Waals surface area (Å²) in [4.78, 5) is 0. The van der Waals surface area contributed by atoms with Crippen LogP contribution in [0.1, 0.15) is 13.8 Å². The van der Waals surface area contributed by atoms with Crippen LogP contribution >= 0.6 is 7.60 Å². The Morgan fingerprint density at radius 2 is 1.42 bits per heavy atom. The Balaban J connectivity index is 0. The van der Waals surface area contributed by atoms with Gasteiger partial charge in [-0.15, -0.1) is 0 Å². The Kier molecular flexibility index (Phi) is 11.2. The molecule has 0 saturated heterocycles. The summed E-state index contributed by atoms with van der Waals surface area (Å²) in [5, 5.41) is 0. The van der Waals surface area contributed by atoms with Crippen LogP contribution in [0.5, 0.6) is 0 Å². The second kappa shape index (κ2) is 9.20. The molecule has 0 aliphatic carbocycles. The topological polar surface area (TPSA) is 44.8 Å². The van der Waals surface area contributed by atoms with Crippen LogP contribution in [0, 0.1) is 0 Å². The van der Waals surface area contributed by atoms with Gasteiger partial charge >= 0.3 is 7.60 Å². The van der Waals surface area contributed by atoms with Crippen LogP contribution < -0.4 is 0 Å². The first-order valence-corrected chi connectivity index (χ1v) is 5.79. The first-order chi connectivity index (χ1) is 5.54. The van der Waals surface area contributed by atoms with Crippen LogP contribution in [0.25, 0.3) is 0 Å². The van der Waals surface area contributed by atoms with Crippen LogP contribution in [0.15, 0.2) is 0 Å². The maximum Gasteiger partial charge on any atom is 0.327 e. The Bertz CT molecular complexity index is 117. The Hall–Kier alpha value is 0.110. The molecule has 0 aromatic heterocycles. The molecule has 0 N–H and O–H groups in total. The quantitative estimate of drug-likeness (QED) is 0.649. The summed E-state index contributed by atoms with van der Waals surface area (Å²) >= 11 is 0. The molecule has 0 radical (unpaired) electrons. The van der Waals surface area contributed by atoms with Gasteiger partial charge in [0.1, 0.15) is 0 Å². The molecule has 0 saturated carbocycles. The van der Waals surface area contributed by atoms with Gasteiger partial charge < -0.3 is 13.8 Å². The van der Waals surface area contributed by atoms with Crippen molar-refractivity contribution in [1.29, 1.82) is 0 Å². The molecule has 0 aliphatic heterocycles. The lowest BCUT2D eigenvalue weighted by molar-refractivity contribution is 0.162. The normalized spacial score (nSPS) is 10.4. The van der Waals surface area contributed by atoms with Crippen molar-refractivity contribution in [3.8, 4) is 0 Å². The molecule has 0 aromatic carbocycles. The predicted molar refractivity (Wildman–Crippen MR) is 49.7 cm³/mol. The molecule has 0 rings (SSSR count). The average Bonchev–Trinajstić information content (AvgIpc) is 2.07. The van der Waals surface area contributed by atoms with E-state index in [4.69, 9.17) is 4.74 Å². The summed E-state index contributed by atoms with van der Waals surface area (Å²) in [7, 11) is 0.0486. The molecule has 0 aromatic rings. The highest BCUT2D eigenvalue weighted by Gasteiger charge is 2.08. The van der Waals surface area contributed by atoms with E-state index in [0.29, 0.717) is 0 Å². The molecule has 0 aliphatic rings. The van der Waals surface area contributed by atoms with E-state index >= 15 is 0 Å². The minimum atomic E-state index is -2.65. The standard InChI is InChI=1S/C4H10O.C3H9O3P/c1-3-5-4-2;1-5-7(3,4)6-2/h3-4H2,1-2H3;1-3H3. The van der Waals surface area contributed by atoms with Gasteiger partial charge in [-0.3, -0.25) is 4.57 Å². The van der Waals surface area contributed by atoms with E-state index in [-0.39, 0.29) is 0 Å². The second-order valence-corrected chi connectivity index (χ2v) is 4.19. The molecule has 76 valence electrons. The molecule has 0 fully saturated rings. The van der Waals surface area contributed by atoms with Gasteiger partial charge in [-0.25, -0.2) is 0 Å². The largest absolute Gasteiger partial charge is 0.382 e. The van der Waals surface area contributed by atoms with E-state index in [0.717, 1.165) is 13.2 Å². The summed E-state index contributed by atoms with van der Waals surface area (Å²) in [6.07, 6.45) is 0. The molecule has 0 atom stereocenters. The van der Waals surface area contributed by atoms with Crippen molar-refractivity contribution in [2.24, 2.45) is 0 Å². The van der Waals surface area contributed by atoms with E-state index in [9.17, 15) is 4.57 Å². The molecular weight excluding hydrogens is 179 g/mol. The number of ether oxygens (including phenoxy) is 1. The highest BCUT2D eigenvalue weighted by atomic mass is 31.2. The second-order valence-electron chi connectivity index (χ2n) is 1.92. The van der Waals surface area contributed by atoms with Gasteiger partial charge in [0.25, 0.3) is 0 Å². The lowest BCUT2D eigenvalue weighted by atomic mass is 10.8. The van der Waals surface area contributed by atoms with Crippen molar-refractivity contribution < 1.29 is 18.3 Å². The summed E-state index contributed by atoms with van der Waals surface area (Å²) < 4.78 is 24.2. The van der Waals surface area contributed by atoms with Gasteiger partial charge in [0, 0.05) is 34.1 Å². The third kappa shape index (κ3) is 12.8. The molecule has 5 heteroatoms. The lowest BCUT2D eigenvalue weighted by Gasteiger charge is -2.04. The number of hydrogen-bond donors (Lipinski definition) is 0. The summed E-state index contributed by atoms with van der Waals surface area (Å²) in [5.41, 5.74) is 0. The zero-order valence-corrected chi connectivity index (χ0v) is 9.39. The fourth-order valence-corrected chi connectivity index (χ4v) is 0.428. The first-order valence-electron chi connectivity index (χ1n) is 3.80. The third-order valence-corrected chi connectivity index (χ3v) is 2.40. The zero-order chi connectivity index (χ0) is 10.0. The van der Waals surface area contributed by atoms with Gasteiger partial charge in [0.05, 0.1) is 0 Å². The molecule has 0 amide bonds. The van der Waals surface area contributed by atoms with Gasteiger partial charge in [0.2, 0.25) is 0 Å². The number of rotatable bonds is 4. The van der Waals surface area contributed by atoms with E-state index in [1.165, 1.54) is 20.9 Å². The van der Waals surface area contributed by atoms with Gasteiger partial charge in [-0.1, -0.05) is 0 Å².